The topological polar surface area (TPSA) is 61.9 Å². The number of Topliss-reactive ketones (excluding diaryl/α,β-unsaturated/α-hetero) is 1. The van der Waals surface area contributed by atoms with E-state index in [-0.39, 0.29) is 23.0 Å². The lowest BCUT2D eigenvalue weighted by atomic mass is 10.1. The van der Waals surface area contributed by atoms with E-state index < -0.39 is 0 Å². The van der Waals surface area contributed by atoms with Crippen LogP contribution >= 0.6 is 0 Å². The molecule has 6 heteroatoms. The maximum absolute atomic E-state index is 12.3. The van der Waals surface area contributed by atoms with Crippen molar-refractivity contribution in [3.63, 3.8) is 0 Å². The van der Waals surface area contributed by atoms with E-state index in [1.165, 1.54) is 5.56 Å². The van der Waals surface area contributed by atoms with E-state index in [0.29, 0.717) is 18.7 Å². The predicted molar refractivity (Wildman–Crippen MR) is 138 cm³/mol. The highest BCUT2D eigenvalue weighted by Gasteiger charge is 2.50. The van der Waals surface area contributed by atoms with Crippen LogP contribution in [0.4, 0.5) is 0 Å². The van der Waals surface area contributed by atoms with E-state index in [4.69, 9.17) is 4.74 Å². The summed E-state index contributed by atoms with van der Waals surface area (Å²) in [6, 6.07) is 15.8. The standard InChI is InChI=1S/C29H37N3O3/c1-21(18-30-28(34)26-17-29(26,3)4)32-15-13-31(14-16-32)19-25-7-5-6-8-27(25)35-20-23-9-11-24(12-10-23)22(2)33/h5-12,26H,1,13-20H2,2-4H3,(H,30,34). The van der Waals surface area contributed by atoms with E-state index in [1.54, 1.807) is 6.92 Å². The summed E-state index contributed by atoms with van der Waals surface area (Å²) in [4.78, 5) is 28.5. The summed E-state index contributed by atoms with van der Waals surface area (Å²) in [7, 11) is 0. The lowest BCUT2D eigenvalue weighted by molar-refractivity contribution is -0.122. The van der Waals surface area contributed by atoms with Crippen LogP contribution in [-0.2, 0) is 17.9 Å². The number of benzene rings is 2. The minimum Gasteiger partial charge on any atom is -0.489 e. The fraction of sp³-hybridized carbons (Fsp3) is 0.448. The second-order valence-corrected chi connectivity index (χ2v) is 10.4. The fourth-order valence-electron chi connectivity index (χ4n) is 4.57. The Morgan fingerprint density at radius 3 is 2.34 bits per heavy atom. The molecule has 1 aliphatic carbocycles. The number of ether oxygens (including phenoxy) is 1. The Morgan fingerprint density at radius 1 is 1.06 bits per heavy atom. The molecule has 1 aliphatic heterocycles. The largest absolute Gasteiger partial charge is 0.489 e. The van der Waals surface area contributed by atoms with E-state index >= 15 is 0 Å². The number of carbonyl (C=O) groups excluding carboxylic acids is 2. The van der Waals surface area contributed by atoms with Crippen LogP contribution in [0.1, 0.15) is 48.7 Å². The van der Waals surface area contributed by atoms with Crippen molar-refractivity contribution >= 4 is 11.7 Å². The third-order valence-corrected chi connectivity index (χ3v) is 7.24. The highest BCUT2D eigenvalue weighted by molar-refractivity contribution is 5.94. The van der Waals surface area contributed by atoms with Crippen molar-refractivity contribution in [2.75, 3.05) is 32.7 Å². The molecule has 1 heterocycles. The normalized spacial score (nSPS) is 19.2. The minimum absolute atomic E-state index is 0.0681. The van der Waals surface area contributed by atoms with Crippen LogP contribution in [-0.4, -0.2) is 54.2 Å². The Labute approximate surface area is 208 Å². The number of piperazine rings is 1. The van der Waals surface area contributed by atoms with Gasteiger partial charge in [-0.1, -0.05) is 62.9 Å². The SMILES string of the molecule is C=C(CNC(=O)C1CC1(C)C)N1CCN(Cc2ccccc2OCc2ccc(C(C)=O)cc2)CC1. The average molecular weight is 476 g/mol. The van der Waals surface area contributed by atoms with E-state index in [9.17, 15) is 9.59 Å². The molecule has 0 bridgehead atoms. The zero-order chi connectivity index (χ0) is 25.0. The molecule has 1 amide bonds. The third-order valence-electron chi connectivity index (χ3n) is 7.24. The molecule has 35 heavy (non-hydrogen) atoms. The first-order valence-electron chi connectivity index (χ1n) is 12.5. The number of amides is 1. The van der Waals surface area contributed by atoms with Gasteiger partial charge in [0.05, 0.1) is 6.54 Å². The summed E-state index contributed by atoms with van der Waals surface area (Å²) in [5, 5.41) is 3.06. The van der Waals surface area contributed by atoms with Crippen molar-refractivity contribution in [2.24, 2.45) is 11.3 Å². The van der Waals surface area contributed by atoms with Gasteiger partial charge >= 0.3 is 0 Å². The van der Waals surface area contributed by atoms with Crippen LogP contribution in [0.2, 0.25) is 0 Å². The van der Waals surface area contributed by atoms with Crippen LogP contribution in [0.5, 0.6) is 5.75 Å². The molecule has 186 valence electrons. The summed E-state index contributed by atoms with van der Waals surface area (Å²) in [6.45, 7) is 15.5. The Kier molecular flexibility index (Phi) is 7.60. The Bertz CT molecular complexity index is 1070. The van der Waals surface area contributed by atoms with Crippen LogP contribution < -0.4 is 10.1 Å². The van der Waals surface area contributed by atoms with Gasteiger partial charge in [-0.2, -0.15) is 0 Å². The van der Waals surface area contributed by atoms with E-state index in [2.05, 4.69) is 41.6 Å². The monoisotopic (exact) mass is 475 g/mol. The van der Waals surface area contributed by atoms with Crippen LogP contribution in [0.25, 0.3) is 0 Å². The molecule has 2 aliphatic rings. The average Bonchev–Trinajstić information content (AvgIpc) is 3.50. The highest BCUT2D eigenvalue weighted by atomic mass is 16.5. The number of nitrogens with zero attached hydrogens (tertiary/aromatic N) is 2. The zero-order valence-electron chi connectivity index (χ0n) is 21.2. The molecule has 1 N–H and O–H groups in total. The van der Waals surface area contributed by atoms with Crippen LogP contribution in [0, 0.1) is 11.3 Å². The maximum Gasteiger partial charge on any atom is 0.223 e. The summed E-state index contributed by atoms with van der Waals surface area (Å²) in [6.07, 6.45) is 0.974. The van der Waals surface area contributed by atoms with Gasteiger partial charge in [0, 0.05) is 55.5 Å². The molecular formula is C29H37N3O3. The van der Waals surface area contributed by atoms with Crippen molar-refractivity contribution in [2.45, 2.75) is 40.3 Å². The molecule has 0 radical (unpaired) electrons. The molecule has 2 aromatic carbocycles. The number of rotatable bonds is 10. The molecule has 2 aromatic rings. The molecule has 0 aromatic heterocycles. The molecule has 1 atom stereocenters. The van der Waals surface area contributed by atoms with Gasteiger partial charge in [0.25, 0.3) is 0 Å². The van der Waals surface area contributed by atoms with Gasteiger partial charge in [0.2, 0.25) is 5.91 Å². The molecule has 1 saturated heterocycles. The van der Waals surface area contributed by atoms with Gasteiger partial charge in [-0.25, -0.2) is 0 Å². The number of hydrogen-bond acceptors (Lipinski definition) is 5. The van der Waals surface area contributed by atoms with Crippen molar-refractivity contribution in [1.29, 1.82) is 0 Å². The molecule has 0 spiro atoms. The lowest BCUT2D eigenvalue weighted by Gasteiger charge is -2.37. The first-order chi connectivity index (χ1) is 16.7. The summed E-state index contributed by atoms with van der Waals surface area (Å²) in [5.74, 6) is 1.26. The Morgan fingerprint density at radius 2 is 1.71 bits per heavy atom. The molecular weight excluding hydrogens is 438 g/mol. The van der Waals surface area contributed by atoms with E-state index in [0.717, 1.165) is 56.2 Å². The number of carbonyl (C=O) groups is 2. The summed E-state index contributed by atoms with van der Waals surface area (Å²) < 4.78 is 6.14. The maximum atomic E-state index is 12.3. The smallest absolute Gasteiger partial charge is 0.223 e. The quantitative estimate of drug-likeness (QED) is 0.520. The third kappa shape index (κ3) is 6.51. The molecule has 6 nitrogen and oxygen atoms in total. The van der Waals surface area contributed by atoms with E-state index in [1.807, 2.05) is 42.5 Å². The van der Waals surface area contributed by atoms with Crippen molar-refractivity contribution in [3.8, 4) is 5.75 Å². The number of nitrogens with one attached hydrogen (secondary N) is 1. The van der Waals surface area contributed by atoms with Gasteiger partial charge in [-0.05, 0) is 30.4 Å². The second-order valence-electron chi connectivity index (χ2n) is 10.4. The van der Waals surface area contributed by atoms with Gasteiger partial charge < -0.3 is 15.0 Å². The molecule has 1 saturated carbocycles. The first-order valence-corrected chi connectivity index (χ1v) is 12.5. The van der Waals surface area contributed by atoms with Crippen LogP contribution in [0.15, 0.2) is 60.8 Å². The molecule has 2 fully saturated rings. The molecule has 4 rings (SSSR count). The van der Waals surface area contributed by atoms with Crippen molar-refractivity contribution in [1.82, 2.24) is 15.1 Å². The van der Waals surface area contributed by atoms with Gasteiger partial charge in [-0.15, -0.1) is 0 Å². The molecule has 1 unspecified atom stereocenters. The lowest BCUT2D eigenvalue weighted by Crippen LogP contribution is -2.46. The van der Waals surface area contributed by atoms with Gasteiger partial charge in [0.1, 0.15) is 12.4 Å². The fourth-order valence-corrected chi connectivity index (χ4v) is 4.57. The second kappa shape index (κ2) is 10.6. The summed E-state index contributed by atoms with van der Waals surface area (Å²) in [5.41, 5.74) is 4.05. The highest BCUT2D eigenvalue weighted by Crippen LogP contribution is 2.51. The van der Waals surface area contributed by atoms with Crippen molar-refractivity contribution in [3.05, 3.63) is 77.5 Å². The number of ketones is 1. The predicted octanol–water partition coefficient (Wildman–Crippen LogP) is 4.26. The van der Waals surface area contributed by atoms with Gasteiger partial charge in [0.15, 0.2) is 5.78 Å². The summed E-state index contributed by atoms with van der Waals surface area (Å²) >= 11 is 0. The zero-order valence-corrected chi connectivity index (χ0v) is 21.2. The van der Waals surface area contributed by atoms with Crippen molar-refractivity contribution < 1.29 is 14.3 Å². The Hall–Kier alpha value is -3.12. The van der Waals surface area contributed by atoms with Gasteiger partial charge in [-0.3, -0.25) is 14.5 Å². The van der Waals surface area contributed by atoms with Crippen LogP contribution in [0.3, 0.4) is 0 Å². The number of hydrogen-bond donors (Lipinski definition) is 1. The number of para-hydroxylation sites is 1. The minimum atomic E-state index is 0.0681. The Balaban J connectivity index is 1.23. The first kappa shape index (κ1) is 25.0.